The first-order chi connectivity index (χ1) is 16.9. The molecule has 184 valence electrons. The van der Waals surface area contributed by atoms with Gasteiger partial charge in [0, 0.05) is 50.0 Å². The number of imide groups is 1. The average Bonchev–Trinajstić information content (AvgIpc) is 3.32. The molecule has 35 heavy (non-hydrogen) atoms. The minimum absolute atomic E-state index is 0.0580. The molecular weight excluding hydrogens is 438 g/mol. The van der Waals surface area contributed by atoms with Gasteiger partial charge in [0.1, 0.15) is 0 Å². The molecule has 0 spiro atoms. The van der Waals surface area contributed by atoms with Gasteiger partial charge in [-0.15, -0.1) is 0 Å². The van der Waals surface area contributed by atoms with E-state index in [1.54, 1.807) is 0 Å². The Bertz CT molecular complexity index is 1080. The molecule has 2 atom stereocenters. The third-order valence-electron chi connectivity index (χ3n) is 8.50. The lowest BCUT2D eigenvalue weighted by Crippen LogP contribution is -2.46. The maximum Gasteiger partial charge on any atom is 0.251 e. The highest BCUT2D eigenvalue weighted by atomic mass is 16.2. The zero-order valence-corrected chi connectivity index (χ0v) is 20.7. The van der Waals surface area contributed by atoms with E-state index in [9.17, 15) is 14.4 Å². The van der Waals surface area contributed by atoms with Gasteiger partial charge in [-0.05, 0) is 59.4 Å². The van der Waals surface area contributed by atoms with Crippen LogP contribution in [0.25, 0.3) is 0 Å². The van der Waals surface area contributed by atoms with E-state index in [1.807, 2.05) is 31.2 Å². The van der Waals surface area contributed by atoms with Gasteiger partial charge >= 0.3 is 0 Å². The van der Waals surface area contributed by atoms with E-state index in [1.165, 1.54) is 11.1 Å². The Morgan fingerprint density at radius 1 is 0.943 bits per heavy atom. The summed E-state index contributed by atoms with van der Waals surface area (Å²) < 4.78 is 0. The van der Waals surface area contributed by atoms with Crippen LogP contribution in [0.1, 0.15) is 60.2 Å². The first-order valence-electron chi connectivity index (χ1n) is 12.9. The molecule has 2 saturated heterocycles. The molecule has 0 bridgehead atoms. The van der Waals surface area contributed by atoms with E-state index >= 15 is 0 Å². The fourth-order valence-corrected chi connectivity index (χ4v) is 6.17. The fraction of sp³-hybridized carbons (Fsp3) is 0.483. The molecule has 2 N–H and O–H groups in total. The summed E-state index contributed by atoms with van der Waals surface area (Å²) in [6.07, 6.45) is 2.37. The number of fused-ring (bicyclic) bond motifs is 1. The number of rotatable bonds is 8. The minimum atomic E-state index is -0.482. The second-order valence-corrected chi connectivity index (χ2v) is 10.6. The molecule has 0 radical (unpaired) electrons. The molecule has 6 heteroatoms. The Labute approximate surface area is 207 Å². The van der Waals surface area contributed by atoms with Crippen LogP contribution < -0.4 is 10.6 Å². The van der Waals surface area contributed by atoms with Crippen molar-refractivity contribution in [2.75, 3.05) is 19.6 Å². The van der Waals surface area contributed by atoms with Gasteiger partial charge < -0.3 is 5.32 Å². The topological polar surface area (TPSA) is 78.5 Å². The molecule has 1 aliphatic carbocycles. The maximum atomic E-state index is 12.8. The van der Waals surface area contributed by atoms with Gasteiger partial charge in [-0.2, -0.15) is 0 Å². The average molecular weight is 474 g/mol. The van der Waals surface area contributed by atoms with Crippen LogP contribution in [0.3, 0.4) is 0 Å². The summed E-state index contributed by atoms with van der Waals surface area (Å²) in [7, 11) is 0. The Hall–Kier alpha value is -2.99. The molecule has 6 nitrogen and oxygen atoms in total. The summed E-state index contributed by atoms with van der Waals surface area (Å²) in [5.74, 6) is 1.43. The van der Waals surface area contributed by atoms with Crippen molar-refractivity contribution in [1.29, 1.82) is 0 Å². The van der Waals surface area contributed by atoms with Gasteiger partial charge in [-0.25, -0.2) is 0 Å². The summed E-state index contributed by atoms with van der Waals surface area (Å²) >= 11 is 0. The normalized spacial score (nSPS) is 25.1. The van der Waals surface area contributed by atoms with Crippen molar-refractivity contribution >= 4 is 17.7 Å². The molecule has 2 aromatic carbocycles. The Balaban J connectivity index is 1.10. The minimum Gasteiger partial charge on any atom is -0.352 e. The predicted molar refractivity (Wildman–Crippen MR) is 135 cm³/mol. The van der Waals surface area contributed by atoms with Crippen LogP contribution in [0, 0.1) is 17.8 Å². The number of nitrogens with one attached hydrogen (secondary N) is 2. The van der Waals surface area contributed by atoms with Crippen LogP contribution in [0.15, 0.2) is 48.5 Å². The standard InChI is InChI=1S/C29H35N3O3/c1-3-19-5-7-20(8-6-19)16-32-17-24-23(25(24)18-32)15-30-28(35)21-9-11-22(12-10-21)29(4-2)13-26(33)31-27(34)14-29/h5-12,23-25H,3-4,13-18H2,1-2H3,(H,30,35)(H,31,33,34). The van der Waals surface area contributed by atoms with Crippen molar-refractivity contribution < 1.29 is 14.4 Å². The highest BCUT2D eigenvalue weighted by Gasteiger charge is 2.55. The lowest BCUT2D eigenvalue weighted by atomic mass is 9.70. The Kier molecular flexibility index (Phi) is 6.49. The lowest BCUT2D eigenvalue weighted by molar-refractivity contribution is -0.135. The molecule has 0 aromatic heterocycles. The summed E-state index contributed by atoms with van der Waals surface area (Å²) in [5.41, 5.74) is 3.84. The number of benzene rings is 2. The molecule has 3 amide bonds. The van der Waals surface area contributed by atoms with Crippen molar-refractivity contribution in [3.63, 3.8) is 0 Å². The lowest BCUT2D eigenvalue weighted by Gasteiger charge is -2.35. The van der Waals surface area contributed by atoms with Crippen molar-refractivity contribution in [3.8, 4) is 0 Å². The Morgan fingerprint density at radius 2 is 1.54 bits per heavy atom. The fourth-order valence-electron chi connectivity index (χ4n) is 6.17. The monoisotopic (exact) mass is 473 g/mol. The van der Waals surface area contributed by atoms with Crippen molar-refractivity contribution in [1.82, 2.24) is 15.5 Å². The Morgan fingerprint density at radius 3 is 2.11 bits per heavy atom. The van der Waals surface area contributed by atoms with Gasteiger partial charge in [-0.1, -0.05) is 50.2 Å². The summed E-state index contributed by atoms with van der Waals surface area (Å²) in [6.45, 7) is 8.14. The molecule has 2 aromatic rings. The summed E-state index contributed by atoms with van der Waals surface area (Å²) in [5, 5.41) is 5.52. The second-order valence-electron chi connectivity index (χ2n) is 10.6. The van der Waals surface area contributed by atoms with Gasteiger partial charge in [0.15, 0.2) is 0 Å². The van der Waals surface area contributed by atoms with Crippen molar-refractivity contribution in [2.24, 2.45) is 17.8 Å². The third kappa shape index (κ3) is 4.90. The summed E-state index contributed by atoms with van der Waals surface area (Å²) in [6, 6.07) is 16.4. The number of carbonyl (C=O) groups excluding carboxylic acids is 3. The van der Waals surface area contributed by atoms with E-state index in [-0.39, 0.29) is 17.7 Å². The first-order valence-corrected chi connectivity index (χ1v) is 12.9. The molecular formula is C29H35N3O3. The van der Waals surface area contributed by atoms with Crippen LogP contribution >= 0.6 is 0 Å². The van der Waals surface area contributed by atoms with Gasteiger partial charge in [0.05, 0.1) is 0 Å². The van der Waals surface area contributed by atoms with Crippen LogP contribution in [-0.4, -0.2) is 42.3 Å². The van der Waals surface area contributed by atoms with Crippen LogP contribution in [0.2, 0.25) is 0 Å². The first kappa shape index (κ1) is 23.7. The van der Waals surface area contributed by atoms with Gasteiger partial charge in [0.25, 0.3) is 5.91 Å². The second kappa shape index (κ2) is 9.57. The van der Waals surface area contributed by atoms with E-state index in [0.717, 1.165) is 38.2 Å². The van der Waals surface area contributed by atoms with E-state index in [2.05, 4.69) is 46.7 Å². The van der Waals surface area contributed by atoms with E-state index < -0.39 is 5.41 Å². The molecule has 1 saturated carbocycles. The number of likely N-dealkylation sites (tertiary alicyclic amines) is 1. The SMILES string of the molecule is CCc1ccc(CN2CC3C(CNC(=O)c4ccc(C5(CC)CC(=O)NC(=O)C5)cc4)C3C2)cc1. The number of piperidine rings is 2. The maximum absolute atomic E-state index is 12.8. The quantitative estimate of drug-likeness (QED) is 0.576. The number of nitrogens with zero attached hydrogens (tertiary/aromatic N) is 1. The molecule has 2 unspecified atom stereocenters. The zero-order valence-electron chi connectivity index (χ0n) is 20.7. The third-order valence-corrected chi connectivity index (χ3v) is 8.50. The van der Waals surface area contributed by atoms with Crippen molar-refractivity contribution in [2.45, 2.75) is 51.5 Å². The largest absolute Gasteiger partial charge is 0.352 e. The number of hydrogen-bond acceptors (Lipinski definition) is 4. The number of aryl methyl sites for hydroxylation is 1. The number of hydrogen-bond donors (Lipinski definition) is 2. The highest BCUT2D eigenvalue weighted by Crippen LogP contribution is 2.51. The molecule has 2 heterocycles. The molecule has 2 aliphatic heterocycles. The van der Waals surface area contributed by atoms with Crippen LogP contribution in [0.4, 0.5) is 0 Å². The molecule has 3 fully saturated rings. The smallest absolute Gasteiger partial charge is 0.251 e. The van der Waals surface area contributed by atoms with E-state index in [0.29, 0.717) is 42.6 Å². The predicted octanol–water partition coefficient (Wildman–Crippen LogP) is 3.44. The highest BCUT2D eigenvalue weighted by molar-refractivity contribution is 5.99. The number of amides is 3. The van der Waals surface area contributed by atoms with Crippen molar-refractivity contribution in [3.05, 3.63) is 70.8 Å². The van der Waals surface area contributed by atoms with Gasteiger partial charge in [-0.3, -0.25) is 24.6 Å². The van der Waals surface area contributed by atoms with Gasteiger partial charge in [0.2, 0.25) is 11.8 Å². The van der Waals surface area contributed by atoms with Crippen LogP contribution in [0.5, 0.6) is 0 Å². The summed E-state index contributed by atoms with van der Waals surface area (Å²) in [4.78, 5) is 39.2. The number of carbonyl (C=O) groups is 3. The zero-order chi connectivity index (χ0) is 24.6. The van der Waals surface area contributed by atoms with E-state index in [4.69, 9.17) is 0 Å². The van der Waals surface area contributed by atoms with Crippen LogP contribution in [-0.2, 0) is 28.0 Å². The molecule has 3 aliphatic rings. The molecule has 5 rings (SSSR count).